The highest BCUT2D eigenvalue weighted by Gasteiger charge is 2.29. The number of nitrogen functional groups attached to an aromatic ring is 1. The van der Waals surface area contributed by atoms with E-state index in [4.69, 9.17) is 10.7 Å². The summed E-state index contributed by atoms with van der Waals surface area (Å²) < 4.78 is 1.82. The maximum atomic E-state index is 13.2. The van der Waals surface area contributed by atoms with Crippen molar-refractivity contribution in [3.05, 3.63) is 10.5 Å². The second-order valence-electron chi connectivity index (χ2n) is 9.47. The molecule has 0 bridgehead atoms. The van der Waals surface area contributed by atoms with Crippen molar-refractivity contribution in [2.45, 2.75) is 32.4 Å². The van der Waals surface area contributed by atoms with Crippen LogP contribution in [0.5, 0.6) is 0 Å². The molecule has 0 spiro atoms. The minimum absolute atomic E-state index is 0.0719. The maximum absolute atomic E-state index is 13.2. The summed E-state index contributed by atoms with van der Waals surface area (Å²) in [5.41, 5.74) is 7.19. The Morgan fingerprint density at radius 1 is 1.03 bits per heavy atom. The molecule has 4 rings (SSSR count). The minimum Gasteiger partial charge on any atom is -0.382 e. The molecule has 184 valence electrons. The first-order valence-corrected chi connectivity index (χ1v) is 12.3. The summed E-state index contributed by atoms with van der Waals surface area (Å²) in [6.07, 6.45) is 2.90. The van der Waals surface area contributed by atoms with Gasteiger partial charge in [-0.05, 0) is 26.9 Å². The first-order chi connectivity index (χ1) is 16.0. The number of H-pyrrole nitrogens is 1. The van der Waals surface area contributed by atoms with E-state index in [0.717, 1.165) is 84.7 Å². The number of fused-ring (bicyclic) bond motifs is 1. The van der Waals surface area contributed by atoms with Crippen molar-refractivity contribution in [3.8, 4) is 0 Å². The van der Waals surface area contributed by atoms with Gasteiger partial charge in [-0.3, -0.25) is 9.47 Å². The zero-order valence-electron chi connectivity index (χ0n) is 20.4. The molecule has 11 heteroatoms. The lowest BCUT2D eigenvalue weighted by Gasteiger charge is -2.39. The molecule has 0 saturated carbocycles. The van der Waals surface area contributed by atoms with Crippen molar-refractivity contribution < 1.29 is 0 Å². The van der Waals surface area contributed by atoms with Crippen LogP contribution in [0.3, 0.4) is 0 Å². The van der Waals surface area contributed by atoms with Gasteiger partial charge >= 0.3 is 5.69 Å². The predicted molar refractivity (Wildman–Crippen MR) is 133 cm³/mol. The monoisotopic (exact) mass is 460 g/mol. The average molecular weight is 461 g/mol. The number of piperazine rings is 2. The van der Waals surface area contributed by atoms with Crippen LogP contribution in [-0.4, -0.2) is 119 Å². The van der Waals surface area contributed by atoms with Gasteiger partial charge in [-0.15, -0.1) is 0 Å². The number of unbranched alkanes of at least 4 members (excludes halogenated alkanes) is 1. The number of nitrogens with zero attached hydrogens (tertiary/aromatic N) is 7. The fraction of sp³-hybridized carbons (Fsp3) is 0.773. The molecule has 2 fully saturated rings. The molecule has 1 atom stereocenters. The fourth-order valence-electron chi connectivity index (χ4n) is 4.72. The average Bonchev–Trinajstić information content (AvgIpc) is 3.13. The van der Waals surface area contributed by atoms with Crippen LogP contribution in [0.2, 0.25) is 0 Å². The van der Waals surface area contributed by atoms with Crippen molar-refractivity contribution in [2.24, 2.45) is 0 Å². The third kappa shape index (κ3) is 5.65. The van der Waals surface area contributed by atoms with E-state index in [2.05, 4.69) is 55.9 Å². The molecule has 4 N–H and O–H groups in total. The number of aromatic nitrogens is 4. The molecule has 2 aromatic heterocycles. The van der Waals surface area contributed by atoms with Gasteiger partial charge < -0.3 is 30.7 Å². The standard InChI is InChI=1S/C22H40N10O/c1-4-5-7-24-21-26-19(23)18-20(27-21)32(22(33)25-18)17(31-15-11-29(3)12-16-31)6-8-30-13-9-28(2)10-14-30/h17H,4-16H2,1-3H3,(H,25,33)(H3,23,24,26,27). The Bertz CT molecular complexity index is 956. The Kier molecular flexibility index (Phi) is 7.84. The molecular formula is C22H40N10O. The molecule has 0 amide bonds. The van der Waals surface area contributed by atoms with Crippen molar-refractivity contribution in [3.63, 3.8) is 0 Å². The van der Waals surface area contributed by atoms with Gasteiger partial charge in [0.1, 0.15) is 5.52 Å². The normalized spacial score (nSPS) is 20.5. The molecule has 33 heavy (non-hydrogen) atoms. The van der Waals surface area contributed by atoms with Crippen LogP contribution in [0.4, 0.5) is 11.8 Å². The second kappa shape index (κ2) is 10.8. The highest BCUT2D eigenvalue weighted by atomic mass is 16.1. The lowest BCUT2D eigenvalue weighted by Crippen LogP contribution is -2.50. The van der Waals surface area contributed by atoms with Gasteiger partial charge in [-0.25, -0.2) is 4.79 Å². The highest BCUT2D eigenvalue weighted by molar-refractivity contribution is 5.82. The van der Waals surface area contributed by atoms with Crippen LogP contribution in [0.25, 0.3) is 11.2 Å². The Balaban J connectivity index is 1.63. The summed E-state index contributed by atoms with van der Waals surface area (Å²) >= 11 is 0. The number of hydrogen-bond donors (Lipinski definition) is 3. The summed E-state index contributed by atoms with van der Waals surface area (Å²) in [5.74, 6) is 0.795. The number of aromatic amines is 1. The number of anilines is 2. The van der Waals surface area contributed by atoms with Crippen LogP contribution >= 0.6 is 0 Å². The number of nitrogens with two attached hydrogens (primary N) is 1. The lowest BCUT2D eigenvalue weighted by atomic mass is 10.2. The van der Waals surface area contributed by atoms with Gasteiger partial charge in [-0.1, -0.05) is 13.3 Å². The summed E-state index contributed by atoms with van der Waals surface area (Å²) in [7, 11) is 4.32. The van der Waals surface area contributed by atoms with E-state index in [1.54, 1.807) is 0 Å². The summed E-state index contributed by atoms with van der Waals surface area (Å²) in [6, 6.07) is 0. The van der Waals surface area contributed by atoms with Crippen molar-refractivity contribution in [1.29, 1.82) is 0 Å². The van der Waals surface area contributed by atoms with Gasteiger partial charge in [0, 0.05) is 65.4 Å². The van der Waals surface area contributed by atoms with E-state index in [1.807, 2.05) is 4.57 Å². The third-order valence-electron chi connectivity index (χ3n) is 6.97. The van der Waals surface area contributed by atoms with Crippen molar-refractivity contribution >= 4 is 22.9 Å². The molecular weight excluding hydrogens is 420 g/mol. The Morgan fingerprint density at radius 2 is 1.70 bits per heavy atom. The van der Waals surface area contributed by atoms with E-state index in [9.17, 15) is 4.79 Å². The van der Waals surface area contributed by atoms with E-state index >= 15 is 0 Å². The molecule has 11 nitrogen and oxygen atoms in total. The largest absolute Gasteiger partial charge is 0.382 e. The number of imidazole rings is 1. The molecule has 4 heterocycles. The van der Waals surface area contributed by atoms with Gasteiger partial charge in [0.2, 0.25) is 5.95 Å². The smallest absolute Gasteiger partial charge is 0.329 e. The topological polar surface area (TPSA) is 115 Å². The quantitative estimate of drug-likeness (QED) is 0.455. The van der Waals surface area contributed by atoms with Gasteiger partial charge in [0.15, 0.2) is 11.5 Å². The summed E-state index contributed by atoms with van der Waals surface area (Å²) in [4.78, 5) is 34.9. The molecule has 2 saturated heterocycles. The molecule has 0 radical (unpaired) electrons. The van der Waals surface area contributed by atoms with Gasteiger partial charge in [-0.2, -0.15) is 9.97 Å². The number of hydrogen-bond acceptors (Lipinski definition) is 9. The van der Waals surface area contributed by atoms with Crippen LogP contribution in [0.1, 0.15) is 32.4 Å². The number of nitrogens with one attached hydrogen (secondary N) is 2. The van der Waals surface area contributed by atoms with Gasteiger partial charge in [0.25, 0.3) is 0 Å². The molecule has 0 aliphatic carbocycles. The summed E-state index contributed by atoms with van der Waals surface area (Å²) in [6.45, 7) is 12.0. The zero-order valence-corrected chi connectivity index (χ0v) is 20.4. The van der Waals surface area contributed by atoms with Crippen LogP contribution in [0.15, 0.2) is 4.79 Å². The van der Waals surface area contributed by atoms with Crippen LogP contribution in [0, 0.1) is 0 Å². The third-order valence-corrected chi connectivity index (χ3v) is 6.97. The van der Waals surface area contributed by atoms with E-state index in [1.165, 1.54) is 0 Å². The van der Waals surface area contributed by atoms with Crippen LogP contribution in [-0.2, 0) is 0 Å². The van der Waals surface area contributed by atoms with Gasteiger partial charge in [0.05, 0.1) is 6.17 Å². The van der Waals surface area contributed by atoms with Crippen molar-refractivity contribution in [1.82, 2.24) is 39.1 Å². The number of likely N-dealkylation sites (N-methyl/N-ethyl adjacent to an activating group) is 2. The molecule has 2 aliphatic heterocycles. The Hall–Kier alpha value is -2.21. The van der Waals surface area contributed by atoms with E-state index < -0.39 is 0 Å². The second-order valence-corrected chi connectivity index (χ2v) is 9.47. The van der Waals surface area contributed by atoms with E-state index in [0.29, 0.717) is 22.9 Å². The zero-order chi connectivity index (χ0) is 23.4. The van der Waals surface area contributed by atoms with Crippen molar-refractivity contribution in [2.75, 3.05) is 90.6 Å². The highest BCUT2D eigenvalue weighted by Crippen LogP contribution is 2.25. The predicted octanol–water partition coefficient (Wildman–Crippen LogP) is 0.297. The fourth-order valence-corrected chi connectivity index (χ4v) is 4.72. The number of rotatable bonds is 9. The Morgan fingerprint density at radius 3 is 2.36 bits per heavy atom. The summed E-state index contributed by atoms with van der Waals surface area (Å²) in [5, 5.41) is 3.26. The lowest BCUT2D eigenvalue weighted by molar-refractivity contribution is 0.0580. The molecule has 1 unspecified atom stereocenters. The van der Waals surface area contributed by atoms with Crippen LogP contribution < -0.4 is 16.7 Å². The first-order valence-electron chi connectivity index (χ1n) is 12.3. The SMILES string of the molecule is CCCCNc1nc(N)c2[nH]c(=O)n(C(CCN3CCN(C)CC3)N3CCN(C)CC3)c2n1. The molecule has 0 aromatic carbocycles. The molecule has 2 aromatic rings. The van der Waals surface area contributed by atoms with E-state index in [-0.39, 0.29) is 11.9 Å². The minimum atomic E-state index is -0.168. The Labute approximate surface area is 195 Å². The first kappa shape index (κ1) is 23.9. The maximum Gasteiger partial charge on any atom is 0.329 e. The molecule has 2 aliphatic rings.